The minimum absolute atomic E-state index is 0.605. The van der Waals surface area contributed by atoms with E-state index in [4.69, 9.17) is 0 Å². The van der Waals surface area contributed by atoms with Crippen LogP contribution in [0.1, 0.15) is 0 Å². The lowest BCUT2D eigenvalue weighted by Gasteiger charge is -1.92. The summed E-state index contributed by atoms with van der Waals surface area (Å²) in [5, 5.41) is 8.00. The summed E-state index contributed by atoms with van der Waals surface area (Å²) in [6.45, 7) is 0. The van der Waals surface area contributed by atoms with Crippen molar-refractivity contribution in [3.8, 4) is 0 Å². The zero-order valence-electron chi connectivity index (χ0n) is 5.52. The molecule has 0 amide bonds. The average Bonchev–Trinajstić information content (AvgIpc) is 1.94. The van der Waals surface area contributed by atoms with Gasteiger partial charge in [0.1, 0.15) is 10.7 Å². The highest BCUT2D eigenvalue weighted by molar-refractivity contribution is 7.80. The van der Waals surface area contributed by atoms with Crippen LogP contribution < -0.4 is 0 Å². The van der Waals surface area contributed by atoms with Crippen LogP contribution in [0.15, 0.2) is 33.6 Å². The number of aromatic nitrogens is 1. The van der Waals surface area contributed by atoms with Crippen LogP contribution in [0.5, 0.6) is 0 Å². The summed E-state index contributed by atoms with van der Waals surface area (Å²) < 4.78 is 0. The van der Waals surface area contributed by atoms with Crippen molar-refractivity contribution in [1.82, 2.24) is 4.98 Å². The Morgan fingerprint density at radius 1 is 1.60 bits per heavy atom. The van der Waals surface area contributed by atoms with Crippen LogP contribution in [0.2, 0.25) is 0 Å². The first-order valence-electron chi connectivity index (χ1n) is 2.78. The van der Waals surface area contributed by atoms with E-state index in [9.17, 15) is 0 Å². The van der Waals surface area contributed by atoms with Crippen molar-refractivity contribution in [2.24, 2.45) is 10.2 Å². The smallest absolute Gasteiger partial charge is 0.120 e. The molecular weight excluding hydrogens is 146 g/mol. The van der Waals surface area contributed by atoms with Crippen molar-refractivity contribution in [2.75, 3.05) is 7.05 Å². The number of azo groups is 1. The van der Waals surface area contributed by atoms with Crippen molar-refractivity contribution < 1.29 is 0 Å². The molecule has 1 aromatic heterocycles. The lowest BCUT2D eigenvalue weighted by Crippen LogP contribution is -1.72. The number of nitrogens with zero attached hydrogens (tertiary/aromatic N) is 3. The lowest BCUT2D eigenvalue weighted by atomic mass is 10.4. The molecule has 1 aromatic rings. The first kappa shape index (κ1) is 7.21. The van der Waals surface area contributed by atoms with Gasteiger partial charge >= 0.3 is 0 Å². The highest BCUT2D eigenvalue weighted by atomic mass is 32.1. The number of hydrogen-bond acceptors (Lipinski definition) is 4. The third-order valence-electron chi connectivity index (χ3n) is 0.974. The molecule has 0 bridgehead atoms. The lowest BCUT2D eigenvalue weighted by molar-refractivity contribution is 1.07. The Bertz CT molecular complexity index is 247. The van der Waals surface area contributed by atoms with E-state index < -0.39 is 0 Å². The van der Waals surface area contributed by atoms with Gasteiger partial charge in [0.15, 0.2) is 0 Å². The Kier molecular flexibility index (Phi) is 2.39. The monoisotopic (exact) mass is 153 g/mol. The van der Waals surface area contributed by atoms with Crippen LogP contribution in [-0.2, 0) is 0 Å². The standard InChI is InChI=1S/C6H7N3S/c1-7-9-5-3-2-4-8-6(5)10/h2-4H,1H3,(H,8,10)/b9-7-. The van der Waals surface area contributed by atoms with Gasteiger partial charge in [0.05, 0.1) is 0 Å². The SMILES string of the molecule is C/N=N\c1cccnc1S. The molecule has 0 saturated carbocycles. The molecule has 0 aromatic carbocycles. The van der Waals surface area contributed by atoms with Gasteiger partial charge in [0, 0.05) is 13.2 Å². The second-order valence-electron chi connectivity index (χ2n) is 1.65. The third-order valence-corrected chi connectivity index (χ3v) is 1.32. The summed E-state index contributed by atoms with van der Waals surface area (Å²) in [4.78, 5) is 3.91. The second-order valence-corrected chi connectivity index (χ2v) is 2.07. The summed E-state index contributed by atoms with van der Waals surface area (Å²) in [7, 11) is 1.61. The first-order valence-corrected chi connectivity index (χ1v) is 3.23. The van der Waals surface area contributed by atoms with Gasteiger partial charge in [-0.15, -0.1) is 12.6 Å². The van der Waals surface area contributed by atoms with E-state index in [2.05, 4.69) is 27.8 Å². The van der Waals surface area contributed by atoms with Crippen LogP contribution in [0.4, 0.5) is 5.69 Å². The van der Waals surface area contributed by atoms with Crippen molar-refractivity contribution in [2.45, 2.75) is 5.03 Å². The topological polar surface area (TPSA) is 37.6 Å². The molecule has 0 unspecified atom stereocenters. The van der Waals surface area contributed by atoms with Crippen molar-refractivity contribution in [1.29, 1.82) is 0 Å². The molecule has 4 heteroatoms. The largest absolute Gasteiger partial charge is 0.248 e. The maximum atomic E-state index is 4.07. The van der Waals surface area contributed by atoms with Gasteiger partial charge in [-0.25, -0.2) is 4.98 Å². The highest BCUT2D eigenvalue weighted by Gasteiger charge is 1.93. The molecule has 0 atom stereocenters. The number of thiol groups is 1. The fraction of sp³-hybridized carbons (Fsp3) is 0.167. The van der Waals surface area contributed by atoms with Crippen molar-refractivity contribution in [3.05, 3.63) is 18.3 Å². The molecule has 52 valence electrons. The molecule has 10 heavy (non-hydrogen) atoms. The highest BCUT2D eigenvalue weighted by Crippen LogP contribution is 2.18. The van der Waals surface area contributed by atoms with Gasteiger partial charge in [-0.2, -0.15) is 10.2 Å². The van der Waals surface area contributed by atoms with Crippen LogP contribution in [0.25, 0.3) is 0 Å². The normalized spacial score (nSPS) is 10.6. The van der Waals surface area contributed by atoms with E-state index in [0.29, 0.717) is 10.7 Å². The molecule has 3 nitrogen and oxygen atoms in total. The Hall–Kier alpha value is -0.900. The minimum atomic E-state index is 0.605. The van der Waals surface area contributed by atoms with Crippen molar-refractivity contribution >= 4 is 18.3 Å². The van der Waals surface area contributed by atoms with E-state index in [1.165, 1.54) is 0 Å². The van der Waals surface area contributed by atoms with Crippen LogP contribution in [0.3, 0.4) is 0 Å². The maximum Gasteiger partial charge on any atom is 0.120 e. The van der Waals surface area contributed by atoms with E-state index in [1.54, 1.807) is 19.3 Å². The molecule has 0 saturated heterocycles. The Balaban J connectivity index is 3.03. The predicted octanol–water partition coefficient (Wildman–Crippen LogP) is 2.08. The van der Waals surface area contributed by atoms with Gasteiger partial charge in [-0.3, -0.25) is 0 Å². The van der Waals surface area contributed by atoms with E-state index in [-0.39, 0.29) is 0 Å². The van der Waals surface area contributed by atoms with E-state index in [0.717, 1.165) is 0 Å². The predicted molar refractivity (Wildman–Crippen MR) is 41.9 cm³/mol. The summed E-state index contributed by atoms with van der Waals surface area (Å²) in [5.41, 5.74) is 0.702. The van der Waals surface area contributed by atoms with Gasteiger partial charge in [0.25, 0.3) is 0 Å². The zero-order chi connectivity index (χ0) is 7.40. The molecule has 1 heterocycles. The zero-order valence-corrected chi connectivity index (χ0v) is 6.42. The number of hydrogen-bond donors (Lipinski definition) is 1. The fourth-order valence-electron chi connectivity index (χ4n) is 0.574. The summed E-state index contributed by atoms with van der Waals surface area (Å²) in [6.07, 6.45) is 1.66. The minimum Gasteiger partial charge on any atom is -0.248 e. The van der Waals surface area contributed by atoms with Crippen LogP contribution in [0, 0.1) is 0 Å². The van der Waals surface area contributed by atoms with Gasteiger partial charge in [-0.1, -0.05) is 0 Å². The van der Waals surface area contributed by atoms with E-state index >= 15 is 0 Å². The average molecular weight is 153 g/mol. The Morgan fingerprint density at radius 2 is 2.40 bits per heavy atom. The molecule has 0 aliphatic heterocycles. The molecule has 0 aliphatic rings. The molecule has 0 radical (unpaired) electrons. The second kappa shape index (κ2) is 3.31. The molecule has 0 spiro atoms. The summed E-state index contributed by atoms with van der Waals surface area (Å²) in [5.74, 6) is 0. The van der Waals surface area contributed by atoms with Crippen LogP contribution in [-0.4, -0.2) is 12.0 Å². The molecule has 0 fully saturated rings. The number of rotatable bonds is 1. The van der Waals surface area contributed by atoms with Crippen molar-refractivity contribution in [3.63, 3.8) is 0 Å². The molecule has 0 N–H and O–H groups in total. The Morgan fingerprint density at radius 3 is 3.00 bits per heavy atom. The van der Waals surface area contributed by atoms with Crippen LogP contribution >= 0.6 is 12.6 Å². The number of pyridine rings is 1. The molecule has 1 rings (SSSR count). The quantitative estimate of drug-likeness (QED) is 0.486. The maximum absolute atomic E-state index is 4.07. The summed E-state index contributed by atoms with van der Waals surface area (Å²) >= 11 is 4.07. The summed E-state index contributed by atoms with van der Waals surface area (Å²) in [6, 6.07) is 3.60. The fourth-order valence-corrected chi connectivity index (χ4v) is 0.760. The van der Waals surface area contributed by atoms with Gasteiger partial charge < -0.3 is 0 Å². The first-order chi connectivity index (χ1) is 4.84. The van der Waals surface area contributed by atoms with Gasteiger partial charge in [0.2, 0.25) is 0 Å². The Labute approximate surface area is 64.6 Å². The molecule has 0 aliphatic carbocycles. The molecular formula is C6H7N3S. The van der Waals surface area contributed by atoms with E-state index in [1.807, 2.05) is 6.07 Å². The third kappa shape index (κ3) is 1.54. The van der Waals surface area contributed by atoms with Gasteiger partial charge in [-0.05, 0) is 12.1 Å².